The molecule has 0 saturated heterocycles. The number of carbonyl (C=O) groups excluding carboxylic acids is 1. The fourth-order valence-corrected chi connectivity index (χ4v) is 2.43. The third-order valence-electron chi connectivity index (χ3n) is 3.63. The Balaban J connectivity index is 2.02. The van der Waals surface area contributed by atoms with Gasteiger partial charge in [0.15, 0.2) is 5.78 Å². The highest BCUT2D eigenvalue weighted by Crippen LogP contribution is 2.23. The zero-order valence-electron chi connectivity index (χ0n) is 12.3. The van der Waals surface area contributed by atoms with E-state index in [9.17, 15) is 9.18 Å². The van der Waals surface area contributed by atoms with E-state index in [1.54, 1.807) is 6.07 Å². The molecule has 0 bridgehead atoms. The first kappa shape index (κ1) is 14.7. The van der Waals surface area contributed by atoms with Gasteiger partial charge < -0.3 is 0 Å². The largest absolute Gasteiger partial charge is 0.289 e. The summed E-state index contributed by atoms with van der Waals surface area (Å²) in [5.74, 6) is 1.99. The Hall–Kier alpha value is -3.18. The van der Waals surface area contributed by atoms with Crippen LogP contribution in [0.2, 0.25) is 0 Å². The first-order valence-electron chi connectivity index (χ1n) is 7.15. The number of benzene rings is 3. The predicted molar refractivity (Wildman–Crippen MR) is 89.6 cm³/mol. The van der Waals surface area contributed by atoms with Crippen LogP contribution < -0.4 is 0 Å². The molecule has 1 nitrogen and oxygen atoms in total. The maximum absolute atomic E-state index is 13.0. The van der Waals surface area contributed by atoms with Gasteiger partial charge in [-0.25, -0.2) is 4.39 Å². The van der Waals surface area contributed by atoms with E-state index in [4.69, 9.17) is 6.42 Å². The molecule has 0 N–H and O–H groups in total. The molecule has 2 heteroatoms. The van der Waals surface area contributed by atoms with E-state index in [-0.39, 0.29) is 11.6 Å². The monoisotopic (exact) mass is 300 g/mol. The summed E-state index contributed by atoms with van der Waals surface area (Å²) in [4.78, 5) is 12.6. The third-order valence-corrected chi connectivity index (χ3v) is 3.63. The Morgan fingerprint density at radius 2 is 1.57 bits per heavy atom. The van der Waals surface area contributed by atoms with Crippen molar-refractivity contribution in [2.45, 2.75) is 0 Å². The van der Waals surface area contributed by atoms with Crippen molar-refractivity contribution in [2.24, 2.45) is 0 Å². The van der Waals surface area contributed by atoms with Crippen LogP contribution in [0.15, 0.2) is 72.8 Å². The second kappa shape index (κ2) is 6.29. The molecule has 0 radical (unpaired) electrons. The summed E-state index contributed by atoms with van der Waals surface area (Å²) < 4.78 is 13.0. The van der Waals surface area contributed by atoms with Gasteiger partial charge >= 0.3 is 0 Å². The maximum atomic E-state index is 13.0. The van der Waals surface area contributed by atoms with Crippen molar-refractivity contribution in [2.75, 3.05) is 0 Å². The van der Waals surface area contributed by atoms with Crippen LogP contribution in [0.5, 0.6) is 0 Å². The minimum absolute atomic E-state index is 0.211. The van der Waals surface area contributed by atoms with Gasteiger partial charge in [0.1, 0.15) is 5.82 Å². The van der Waals surface area contributed by atoms with Crippen LogP contribution in [0.3, 0.4) is 0 Å². The molecule has 3 rings (SSSR count). The van der Waals surface area contributed by atoms with Crippen molar-refractivity contribution in [1.29, 1.82) is 0 Å². The molecule has 3 aromatic carbocycles. The van der Waals surface area contributed by atoms with E-state index in [2.05, 4.69) is 5.92 Å². The summed E-state index contributed by atoms with van der Waals surface area (Å²) in [6.45, 7) is 0. The van der Waals surface area contributed by atoms with Crippen molar-refractivity contribution in [3.05, 3.63) is 95.3 Å². The molecule has 0 fully saturated rings. The minimum Gasteiger partial charge on any atom is -0.289 e. The molecule has 0 aliphatic rings. The zero-order valence-corrected chi connectivity index (χ0v) is 12.3. The fraction of sp³-hybridized carbons (Fsp3) is 0. The quantitative estimate of drug-likeness (QED) is 0.506. The van der Waals surface area contributed by atoms with Crippen LogP contribution in [0.1, 0.15) is 21.5 Å². The maximum Gasteiger partial charge on any atom is 0.194 e. The lowest BCUT2D eigenvalue weighted by Crippen LogP contribution is -2.04. The molecular formula is C21H13FO. The molecule has 0 atom stereocenters. The molecule has 110 valence electrons. The summed E-state index contributed by atoms with van der Waals surface area (Å²) in [6, 6.07) is 20.7. The van der Waals surface area contributed by atoms with Crippen molar-refractivity contribution in [1.82, 2.24) is 0 Å². The molecule has 23 heavy (non-hydrogen) atoms. The number of halogens is 1. The van der Waals surface area contributed by atoms with Crippen LogP contribution in [0.4, 0.5) is 4.39 Å². The lowest BCUT2D eigenvalue weighted by molar-refractivity contribution is 0.103. The molecule has 0 aromatic heterocycles. The summed E-state index contributed by atoms with van der Waals surface area (Å²) in [5.41, 5.74) is 3.37. The van der Waals surface area contributed by atoms with Crippen molar-refractivity contribution in [3.8, 4) is 23.5 Å². The lowest BCUT2D eigenvalue weighted by Gasteiger charge is -2.08. The SMILES string of the molecule is C#Cc1cc(-c2ccccc2)ccc1C(=O)c1ccc(F)cc1. The smallest absolute Gasteiger partial charge is 0.194 e. The topological polar surface area (TPSA) is 17.1 Å². The number of hydrogen-bond acceptors (Lipinski definition) is 1. The van der Waals surface area contributed by atoms with Crippen LogP contribution >= 0.6 is 0 Å². The van der Waals surface area contributed by atoms with Crippen LogP contribution in [-0.4, -0.2) is 5.78 Å². The molecule has 0 amide bonds. The molecule has 0 heterocycles. The second-order valence-electron chi connectivity index (χ2n) is 5.11. The fourth-order valence-electron chi connectivity index (χ4n) is 2.43. The van der Waals surface area contributed by atoms with E-state index in [1.165, 1.54) is 24.3 Å². The van der Waals surface area contributed by atoms with E-state index >= 15 is 0 Å². The average Bonchev–Trinajstić information content (AvgIpc) is 2.62. The second-order valence-corrected chi connectivity index (χ2v) is 5.11. The Bertz CT molecular complexity index is 887. The Morgan fingerprint density at radius 3 is 2.22 bits per heavy atom. The van der Waals surface area contributed by atoms with Gasteiger partial charge in [0.2, 0.25) is 0 Å². The van der Waals surface area contributed by atoms with Crippen LogP contribution in [-0.2, 0) is 0 Å². The van der Waals surface area contributed by atoms with Crippen molar-refractivity contribution < 1.29 is 9.18 Å². The summed E-state index contributed by atoms with van der Waals surface area (Å²) in [6.07, 6.45) is 5.58. The number of carbonyl (C=O) groups is 1. The third kappa shape index (κ3) is 3.04. The van der Waals surface area contributed by atoms with Gasteiger partial charge in [-0.3, -0.25) is 4.79 Å². The van der Waals surface area contributed by atoms with Gasteiger partial charge in [-0.15, -0.1) is 6.42 Å². The molecule has 0 aliphatic carbocycles. The number of ketones is 1. The highest BCUT2D eigenvalue weighted by molar-refractivity contribution is 6.10. The molecule has 0 unspecified atom stereocenters. The van der Waals surface area contributed by atoms with Crippen molar-refractivity contribution >= 4 is 5.78 Å². The highest BCUT2D eigenvalue weighted by Gasteiger charge is 2.14. The van der Waals surface area contributed by atoms with Gasteiger partial charge in [0.05, 0.1) is 0 Å². The van der Waals surface area contributed by atoms with Crippen molar-refractivity contribution in [3.63, 3.8) is 0 Å². The first-order valence-corrected chi connectivity index (χ1v) is 7.15. The van der Waals surface area contributed by atoms with Gasteiger partial charge in [-0.05, 0) is 47.5 Å². The van der Waals surface area contributed by atoms with Gasteiger partial charge in [-0.2, -0.15) is 0 Å². The minimum atomic E-state index is -0.377. The molecule has 3 aromatic rings. The lowest BCUT2D eigenvalue weighted by atomic mass is 9.94. The molecule has 0 spiro atoms. The predicted octanol–water partition coefficient (Wildman–Crippen LogP) is 4.71. The highest BCUT2D eigenvalue weighted by atomic mass is 19.1. The molecular weight excluding hydrogens is 287 g/mol. The normalized spacial score (nSPS) is 10.1. The molecule has 0 aliphatic heterocycles. The van der Waals surface area contributed by atoms with Gasteiger partial charge in [0.25, 0.3) is 0 Å². The summed E-state index contributed by atoms with van der Waals surface area (Å²) in [5, 5.41) is 0. The average molecular weight is 300 g/mol. The summed E-state index contributed by atoms with van der Waals surface area (Å²) >= 11 is 0. The molecule has 0 saturated carbocycles. The first-order chi connectivity index (χ1) is 11.2. The number of rotatable bonds is 3. The van der Waals surface area contributed by atoms with Gasteiger partial charge in [-0.1, -0.05) is 42.3 Å². The Morgan fingerprint density at radius 1 is 0.870 bits per heavy atom. The number of hydrogen-bond donors (Lipinski definition) is 0. The van der Waals surface area contributed by atoms with Crippen LogP contribution in [0.25, 0.3) is 11.1 Å². The van der Waals surface area contributed by atoms with E-state index in [0.717, 1.165) is 11.1 Å². The van der Waals surface area contributed by atoms with Crippen LogP contribution in [0, 0.1) is 18.2 Å². The van der Waals surface area contributed by atoms with E-state index < -0.39 is 0 Å². The van der Waals surface area contributed by atoms with Gasteiger partial charge in [0, 0.05) is 16.7 Å². The van der Waals surface area contributed by atoms with E-state index in [1.807, 2.05) is 42.5 Å². The summed E-state index contributed by atoms with van der Waals surface area (Å²) in [7, 11) is 0. The Labute approximate surface area is 134 Å². The standard InChI is InChI=1S/C21H13FO/c1-2-15-14-18(16-6-4-3-5-7-16)10-13-20(15)21(23)17-8-11-19(22)12-9-17/h1,3-14H. The number of terminal acetylenes is 1. The Kier molecular flexibility index (Phi) is 4.03. The van der Waals surface area contributed by atoms with E-state index in [0.29, 0.717) is 16.7 Å². The zero-order chi connectivity index (χ0) is 16.2.